The van der Waals surface area contributed by atoms with Crippen molar-refractivity contribution in [3.63, 3.8) is 0 Å². The standard InChI is InChI=1S/C17H21NO2/c19-15-8-9-16(17(20)11-15)18-10-4-7-14(12-18)13-5-2-1-3-6-13/h1-3,5-6,14,16H,4,7-12H2. The Balaban J connectivity index is 1.69. The molecule has 2 fully saturated rings. The monoisotopic (exact) mass is 271 g/mol. The summed E-state index contributed by atoms with van der Waals surface area (Å²) in [6.45, 7) is 1.95. The van der Waals surface area contributed by atoms with Crippen LogP contribution in [0.2, 0.25) is 0 Å². The van der Waals surface area contributed by atoms with E-state index in [1.165, 1.54) is 12.0 Å². The molecule has 1 saturated carbocycles. The van der Waals surface area contributed by atoms with Crippen LogP contribution in [0.25, 0.3) is 0 Å². The molecule has 3 heteroatoms. The lowest BCUT2D eigenvalue weighted by atomic mass is 9.86. The molecule has 3 nitrogen and oxygen atoms in total. The quantitative estimate of drug-likeness (QED) is 0.776. The second kappa shape index (κ2) is 5.88. The number of benzene rings is 1. The van der Waals surface area contributed by atoms with Gasteiger partial charge in [0.2, 0.25) is 0 Å². The topological polar surface area (TPSA) is 37.4 Å². The van der Waals surface area contributed by atoms with Gasteiger partial charge in [0.1, 0.15) is 5.78 Å². The summed E-state index contributed by atoms with van der Waals surface area (Å²) in [4.78, 5) is 25.7. The number of carbonyl (C=O) groups is 2. The summed E-state index contributed by atoms with van der Waals surface area (Å²) in [5.41, 5.74) is 1.37. The zero-order valence-corrected chi connectivity index (χ0v) is 11.8. The van der Waals surface area contributed by atoms with Gasteiger partial charge in [0, 0.05) is 13.0 Å². The number of piperidine rings is 1. The van der Waals surface area contributed by atoms with Crippen LogP contribution >= 0.6 is 0 Å². The number of nitrogens with zero attached hydrogens (tertiary/aromatic N) is 1. The summed E-state index contributed by atoms with van der Waals surface area (Å²) >= 11 is 0. The number of rotatable bonds is 2. The van der Waals surface area contributed by atoms with Crippen molar-refractivity contribution in [1.29, 1.82) is 0 Å². The molecule has 1 saturated heterocycles. The third kappa shape index (κ3) is 2.83. The van der Waals surface area contributed by atoms with Gasteiger partial charge in [0.05, 0.1) is 12.5 Å². The largest absolute Gasteiger partial charge is 0.299 e. The van der Waals surface area contributed by atoms with Crippen molar-refractivity contribution in [3.05, 3.63) is 35.9 Å². The fraction of sp³-hybridized carbons (Fsp3) is 0.529. The van der Waals surface area contributed by atoms with E-state index < -0.39 is 0 Å². The predicted octanol–water partition coefficient (Wildman–Crippen LogP) is 2.56. The molecule has 0 N–H and O–H groups in total. The first-order valence-corrected chi connectivity index (χ1v) is 7.57. The Morgan fingerprint density at radius 1 is 1.05 bits per heavy atom. The molecular formula is C17H21NO2. The van der Waals surface area contributed by atoms with Crippen molar-refractivity contribution in [1.82, 2.24) is 4.90 Å². The Morgan fingerprint density at radius 2 is 1.85 bits per heavy atom. The van der Waals surface area contributed by atoms with Gasteiger partial charge in [-0.3, -0.25) is 14.5 Å². The summed E-state index contributed by atoms with van der Waals surface area (Å²) in [5, 5.41) is 0. The minimum absolute atomic E-state index is 0.0146. The molecule has 106 valence electrons. The van der Waals surface area contributed by atoms with E-state index in [2.05, 4.69) is 29.2 Å². The second-order valence-corrected chi connectivity index (χ2v) is 5.98. The molecule has 2 atom stereocenters. The van der Waals surface area contributed by atoms with Crippen LogP contribution in [0.5, 0.6) is 0 Å². The molecule has 1 aromatic carbocycles. The second-order valence-electron chi connectivity index (χ2n) is 5.98. The Labute approximate surface area is 120 Å². The maximum Gasteiger partial charge on any atom is 0.157 e. The van der Waals surface area contributed by atoms with Crippen LogP contribution in [0, 0.1) is 0 Å². The molecule has 0 amide bonds. The number of ketones is 2. The van der Waals surface area contributed by atoms with E-state index in [1.807, 2.05) is 6.07 Å². The lowest BCUT2D eigenvalue weighted by molar-refractivity contribution is -0.134. The lowest BCUT2D eigenvalue weighted by Gasteiger charge is -2.39. The van der Waals surface area contributed by atoms with E-state index in [-0.39, 0.29) is 24.0 Å². The van der Waals surface area contributed by atoms with Crippen molar-refractivity contribution in [2.24, 2.45) is 0 Å². The van der Waals surface area contributed by atoms with Crippen molar-refractivity contribution < 1.29 is 9.59 Å². The Kier molecular flexibility index (Phi) is 3.97. The van der Waals surface area contributed by atoms with Crippen LogP contribution in [-0.2, 0) is 9.59 Å². The van der Waals surface area contributed by atoms with Crippen LogP contribution in [0.3, 0.4) is 0 Å². The van der Waals surface area contributed by atoms with Crippen molar-refractivity contribution >= 4 is 11.6 Å². The van der Waals surface area contributed by atoms with E-state index in [9.17, 15) is 9.59 Å². The zero-order valence-electron chi connectivity index (χ0n) is 11.8. The highest BCUT2D eigenvalue weighted by molar-refractivity contribution is 6.03. The Hall–Kier alpha value is -1.48. The van der Waals surface area contributed by atoms with Gasteiger partial charge in [0.15, 0.2) is 5.78 Å². The molecule has 20 heavy (non-hydrogen) atoms. The molecule has 1 heterocycles. The smallest absolute Gasteiger partial charge is 0.157 e. The number of hydrogen-bond acceptors (Lipinski definition) is 3. The third-order valence-electron chi connectivity index (χ3n) is 4.60. The summed E-state index contributed by atoms with van der Waals surface area (Å²) < 4.78 is 0. The summed E-state index contributed by atoms with van der Waals surface area (Å²) in [6.07, 6.45) is 3.77. The third-order valence-corrected chi connectivity index (χ3v) is 4.60. The maximum absolute atomic E-state index is 12.1. The minimum Gasteiger partial charge on any atom is -0.299 e. The van der Waals surface area contributed by atoms with Crippen molar-refractivity contribution in [2.45, 2.75) is 44.1 Å². The lowest BCUT2D eigenvalue weighted by Crippen LogP contribution is -2.48. The molecule has 0 bridgehead atoms. The minimum atomic E-state index is -0.0146. The molecule has 2 unspecified atom stereocenters. The van der Waals surface area contributed by atoms with Gasteiger partial charge >= 0.3 is 0 Å². The van der Waals surface area contributed by atoms with Crippen LogP contribution < -0.4 is 0 Å². The summed E-state index contributed by atoms with van der Waals surface area (Å²) in [6, 6.07) is 10.6. The molecule has 1 aromatic rings. The first kappa shape index (κ1) is 13.5. The fourth-order valence-corrected chi connectivity index (χ4v) is 3.53. The highest BCUT2D eigenvalue weighted by Crippen LogP contribution is 2.30. The predicted molar refractivity (Wildman–Crippen MR) is 77.6 cm³/mol. The first-order valence-electron chi connectivity index (χ1n) is 7.57. The van der Waals surface area contributed by atoms with Crippen molar-refractivity contribution in [2.75, 3.05) is 13.1 Å². The van der Waals surface area contributed by atoms with E-state index in [4.69, 9.17) is 0 Å². The number of likely N-dealkylation sites (tertiary alicyclic amines) is 1. The molecular weight excluding hydrogens is 250 g/mol. The number of hydrogen-bond donors (Lipinski definition) is 0. The number of Topliss-reactive ketones (excluding diaryl/α,β-unsaturated/α-hetero) is 2. The average molecular weight is 271 g/mol. The van der Waals surface area contributed by atoms with Gasteiger partial charge < -0.3 is 0 Å². The van der Waals surface area contributed by atoms with Crippen LogP contribution in [0.15, 0.2) is 30.3 Å². The highest BCUT2D eigenvalue weighted by Gasteiger charge is 2.34. The first-order chi connectivity index (χ1) is 9.74. The van der Waals surface area contributed by atoms with Gasteiger partial charge in [-0.05, 0) is 37.3 Å². The Morgan fingerprint density at radius 3 is 2.60 bits per heavy atom. The summed E-state index contributed by atoms with van der Waals surface area (Å²) in [5.74, 6) is 0.771. The van der Waals surface area contributed by atoms with Crippen LogP contribution in [0.4, 0.5) is 0 Å². The average Bonchev–Trinajstić information content (AvgIpc) is 2.48. The van der Waals surface area contributed by atoms with Crippen molar-refractivity contribution in [3.8, 4) is 0 Å². The van der Waals surface area contributed by atoms with Gasteiger partial charge in [-0.15, -0.1) is 0 Å². The molecule has 1 aliphatic carbocycles. The molecule has 3 rings (SSSR count). The van der Waals surface area contributed by atoms with E-state index in [0.717, 1.165) is 25.9 Å². The van der Waals surface area contributed by atoms with Crippen LogP contribution in [-0.4, -0.2) is 35.6 Å². The van der Waals surface area contributed by atoms with Gasteiger partial charge in [-0.2, -0.15) is 0 Å². The van der Waals surface area contributed by atoms with E-state index in [1.54, 1.807) is 0 Å². The summed E-state index contributed by atoms with van der Waals surface area (Å²) in [7, 11) is 0. The molecule has 0 spiro atoms. The van der Waals surface area contributed by atoms with Gasteiger partial charge in [0.25, 0.3) is 0 Å². The fourth-order valence-electron chi connectivity index (χ4n) is 3.53. The number of carbonyl (C=O) groups excluding carboxylic acids is 2. The zero-order chi connectivity index (χ0) is 13.9. The van der Waals surface area contributed by atoms with Gasteiger partial charge in [-0.1, -0.05) is 30.3 Å². The molecule has 2 aliphatic rings. The normalized spacial score (nSPS) is 28.6. The highest BCUT2D eigenvalue weighted by atomic mass is 16.2. The molecule has 0 aromatic heterocycles. The molecule has 1 aliphatic heterocycles. The SMILES string of the molecule is O=C1CCC(N2CCCC(c3ccccc3)C2)C(=O)C1. The van der Waals surface area contributed by atoms with Crippen LogP contribution in [0.1, 0.15) is 43.6 Å². The van der Waals surface area contributed by atoms with E-state index >= 15 is 0 Å². The Bertz CT molecular complexity index is 497. The maximum atomic E-state index is 12.1. The van der Waals surface area contributed by atoms with Gasteiger partial charge in [-0.25, -0.2) is 0 Å². The molecule has 0 radical (unpaired) electrons. The van der Waals surface area contributed by atoms with E-state index in [0.29, 0.717) is 12.3 Å².